The minimum atomic E-state index is -0.469. The van der Waals surface area contributed by atoms with E-state index >= 15 is 0 Å². The van der Waals surface area contributed by atoms with Crippen molar-refractivity contribution in [1.29, 1.82) is 0 Å². The first-order valence-corrected chi connectivity index (χ1v) is 6.50. The Morgan fingerprint density at radius 3 is 2.67 bits per heavy atom. The fourth-order valence-electron chi connectivity index (χ4n) is 2.34. The van der Waals surface area contributed by atoms with E-state index in [0.29, 0.717) is 18.8 Å². The molecular weight excluding hydrogens is 270 g/mol. The number of nitrogens with one attached hydrogen (secondary N) is 1. The van der Waals surface area contributed by atoms with Crippen LogP contribution in [0.25, 0.3) is 0 Å². The van der Waals surface area contributed by atoms with Crippen LogP contribution in [0, 0.1) is 10.1 Å². The van der Waals surface area contributed by atoms with Crippen molar-refractivity contribution in [2.75, 3.05) is 5.32 Å². The predicted octanol–water partition coefficient (Wildman–Crippen LogP) is 3.14. The molecule has 1 aliphatic rings. The second-order valence-corrected chi connectivity index (χ2v) is 4.87. The molecule has 6 nitrogen and oxygen atoms in total. The molecule has 6 heteroatoms. The molecule has 106 valence electrons. The van der Waals surface area contributed by atoms with E-state index in [4.69, 9.17) is 0 Å². The van der Waals surface area contributed by atoms with Crippen LogP contribution in [0.5, 0.6) is 0 Å². The van der Waals surface area contributed by atoms with Gasteiger partial charge in [0, 0.05) is 25.2 Å². The van der Waals surface area contributed by atoms with Gasteiger partial charge in [0.05, 0.1) is 10.6 Å². The van der Waals surface area contributed by atoms with E-state index < -0.39 is 4.92 Å². The van der Waals surface area contributed by atoms with Gasteiger partial charge in [0.25, 0.3) is 5.69 Å². The molecule has 0 aromatic heterocycles. The molecule has 21 heavy (non-hydrogen) atoms. The number of non-ortho nitro benzene ring substituents is 1. The molecule has 0 radical (unpaired) electrons. The fourth-order valence-corrected chi connectivity index (χ4v) is 2.34. The first-order valence-electron chi connectivity index (χ1n) is 6.50. The van der Waals surface area contributed by atoms with Crippen molar-refractivity contribution in [1.82, 2.24) is 4.90 Å². The third-order valence-corrected chi connectivity index (χ3v) is 3.41. The largest absolute Gasteiger partial charge is 0.322 e. The average Bonchev–Trinajstić information content (AvgIpc) is 2.48. The van der Waals surface area contributed by atoms with Crippen LogP contribution < -0.4 is 5.32 Å². The van der Waals surface area contributed by atoms with Crippen molar-refractivity contribution in [3.05, 3.63) is 69.8 Å². The quantitative estimate of drug-likeness (QED) is 0.694. The Bertz CT molecular complexity index is 701. The highest BCUT2D eigenvalue weighted by molar-refractivity contribution is 5.92. The van der Waals surface area contributed by atoms with Crippen LogP contribution in [-0.2, 0) is 13.1 Å². The topological polar surface area (TPSA) is 75.5 Å². The lowest BCUT2D eigenvalue weighted by Gasteiger charge is -2.29. The molecule has 0 saturated heterocycles. The molecule has 2 aromatic carbocycles. The van der Waals surface area contributed by atoms with Gasteiger partial charge >= 0.3 is 6.03 Å². The molecule has 0 fully saturated rings. The second-order valence-electron chi connectivity index (χ2n) is 4.87. The van der Waals surface area contributed by atoms with Gasteiger partial charge in [0.15, 0.2) is 0 Å². The summed E-state index contributed by atoms with van der Waals surface area (Å²) in [6, 6.07) is 14.0. The fraction of sp³-hybridized carbons (Fsp3) is 0.133. The highest BCUT2D eigenvalue weighted by Crippen LogP contribution is 2.28. The Kier molecular flexibility index (Phi) is 3.27. The monoisotopic (exact) mass is 283 g/mol. The summed E-state index contributed by atoms with van der Waals surface area (Å²) in [6.07, 6.45) is 0. The molecule has 1 aliphatic heterocycles. The van der Waals surface area contributed by atoms with Crippen LogP contribution in [-0.4, -0.2) is 15.9 Å². The maximum Gasteiger partial charge on any atom is 0.322 e. The zero-order chi connectivity index (χ0) is 14.8. The molecule has 0 aliphatic carbocycles. The first-order chi connectivity index (χ1) is 10.1. The number of amides is 2. The molecule has 0 saturated carbocycles. The molecule has 2 aromatic rings. The van der Waals surface area contributed by atoms with Crippen molar-refractivity contribution in [2.24, 2.45) is 0 Å². The van der Waals surface area contributed by atoms with Gasteiger partial charge in [-0.05, 0) is 17.2 Å². The number of carbonyl (C=O) groups is 1. The summed E-state index contributed by atoms with van der Waals surface area (Å²) in [4.78, 5) is 24.0. The van der Waals surface area contributed by atoms with Gasteiger partial charge in [-0.3, -0.25) is 10.1 Å². The van der Waals surface area contributed by atoms with E-state index in [0.717, 1.165) is 11.1 Å². The molecule has 0 atom stereocenters. The van der Waals surface area contributed by atoms with Crippen LogP contribution in [0.4, 0.5) is 16.2 Å². The number of hydrogen-bond donors (Lipinski definition) is 1. The Hall–Kier alpha value is -2.89. The summed E-state index contributed by atoms with van der Waals surface area (Å²) in [5, 5.41) is 13.5. The third-order valence-electron chi connectivity index (χ3n) is 3.41. The lowest BCUT2D eigenvalue weighted by molar-refractivity contribution is -0.384. The van der Waals surface area contributed by atoms with E-state index in [1.807, 2.05) is 30.3 Å². The highest BCUT2D eigenvalue weighted by Gasteiger charge is 2.24. The molecule has 1 N–H and O–H groups in total. The number of nitro benzene ring substituents is 1. The Labute approximate surface area is 121 Å². The molecule has 0 spiro atoms. The van der Waals surface area contributed by atoms with E-state index in [1.165, 1.54) is 12.1 Å². The summed E-state index contributed by atoms with van der Waals surface area (Å²) in [7, 11) is 0. The van der Waals surface area contributed by atoms with Crippen LogP contribution in [0.15, 0.2) is 48.5 Å². The summed E-state index contributed by atoms with van der Waals surface area (Å²) >= 11 is 0. The number of nitro groups is 1. The van der Waals surface area contributed by atoms with Gasteiger partial charge in [-0.1, -0.05) is 30.3 Å². The van der Waals surface area contributed by atoms with Crippen LogP contribution in [0.1, 0.15) is 11.1 Å². The van der Waals surface area contributed by atoms with Gasteiger partial charge in [-0.2, -0.15) is 0 Å². The Morgan fingerprint density at radius 2 is 1.95 bits per heavy atom. The maximum absolute atomic E-state index is 12.1. The van der Waals surface area contributed by atoms with Gasteiger partial charge in [-0.25, -0.2) is 4.79 Å². The van der Waals surface area contributed by atoms with Crippen LogP contribution in [0.2, 0.25) is 0 Å². The zero-order valence-corrected chi connectivity index (χ0v) is 11.2. The summed E-state index contributed by atoms with van der Waals surface area (Å²) in [5.74, 6) is 0. The van der Waals surface area contributed by atoms with Crippen LogP contribution >= 0.6 is 0 Å². The van der Waals surface area contributed by atoms with Gasteiger partial charge in [0.1, 0.15) is 0 Å². The number of hydrogen-bond acceptors (Lipinski definition) is 3. The summed E-state index contributed by atoms with van der Waals surface area (Å²) < 4.78 is 0. The minimum absolute atomic E-state index is 0.0226. The molecule has 2 amide bonds. The van der Waals surface area contributed by atoms with E-state index in [9.17, 15) is 14.9 Å². The molecular formula is C15H13N3O3. The number of rotatable bonds is 3. The second kappa shape index (κ2) is 5.24. The number of benzene rings is 2. The average molecular weight is 283 g/mol. The molecule has 0 bridgehead atoms. The maximum atomic E-state index is 12.1. The SMILES string of the molecule is O=C1Nc2cc([N+](=O)[O-])ccc2CN1Cc1ccccc1. The minimum Gasteiger partial charge on any atom is -0.316 e. The smallest absolute Gasteiger partial charge is 0.316 e. The van der Waals surface area contributed by atoms with Crippen molar-refractivity contribution in [3.8, 4) is 0 Å². The molecule has 1 heterocycles. The van der Waals surface area contributed by atoms with Gasteiger partial charge < -0.3 is 10.2 Å². The lowest BCUT2D eigenvalue weighted by atomic mass is 10.1. The number of carbonyl (C=O) groups excluding carboxylic acids is 1. The van der Waals surface area contributed by atoms with E-state index in [1.54, 1.807) is 11.0 Å². The normalized spacial score (nSPS) is 13.5. The van der Waals surface area contributed by atoms with Crippen molar-refractivity contribution < 1.29 is 9.72 Å². The molecule has 0 unspecified atom stereocenters. The zero-order valence-electron chi connectivity index (χ0n) is 11.2. The number of urea groups is 1. The van der Waals surface area contributed by atoms with Gasteiger partial charge in [0.2, 0.25) is 0 Å². The molecule has 3 rings (SSSR count). The van der Waals surface area contributed by atoms with Crippen LogP contribution in [0.3, 0.4) is 0 Å². The third kappa shape index (κ3) is 2.69. The Balaban J connectivity index is 1.82. The number of fused-ring (bicyclic) bond motifs is 1. The van der Waals surface area contributed by atoms with Crippen molar-refractivity contribution >= 4 is 17.4 Å². The van der Waals surface area contributed by atoms with Gasteiger partial charge in [-0.15, -0.1) is 0 Å². The van der Waals surface area contributed by atoms with E-state index in [2.05, 4.69) is 5.32 Å². The van der Waals surface area contributed by atoms with E-state index in [-0.39, 0.29) is 11.7 Å². The summed E-state index contributed by atoms with van der Waals surface area (Å²) in [6.45, 7) is 0.942. The number of anilines is 1. The standard InChI is InChI=1S/C15H13N3O3/c19-15-16-14-8-13(18(20)21)7-6-12(14)10-17(15)9-11-4-2-1-3-5-11/h1-8H,9-10H2,(H,16,19). The highest BCUT2D eigenvalue weighted by atomic mass is 16.6. The predicted molar refractivity (Wildman–Crippen MR) is 77.8 cm³/mol. The Morgan fingerprint density at radius 1 is 1.19 bits per heavy atom. The van der Waals surface area contributed by atoms with Crippen molar-refractivity contribution in [2.45, 2.75) is 13.1 Å². The summed E-state index contributed by atoms with van der Waals surface area (Å²) in [5.41, 5.74) is 2.40. The first kappa shape index (κ1) is 13.1. The number of nitrogens with zero attached hydrogens (tertiary/aromatic N) is 2. The lowest BCUT2D eigenvalue weighted by Crippen LogP contribution is -2.38. The van der Waals surface area contributed by atoms with Crippen molar-refractivity contribution in [3.63, 3.8) is 0 Å².